The van der Waals surface area contributed by atoms with E-state index < -0.39 is 4.92 Å². The Morgan fingerprint density at radius 3 is 2.05 bits per heavy atom. The van der Waals surface area contributed by atoms with Crippen LogP contribution in [0.5, 0.6) is 5.75 Å². The Kier molecular flexibility index (Phi) is 5.72. The number of ether oxygens (including phenoxy) is 1. The van der Waals surface area contributed by atoms with E-state index in [1.165, 1.54) is 12.1 Å². The topological polar surface area (TPSA) is 52.4 Å². The number of rotatable bonds is 7. The van der Waals surface area contributed by atoms with Crippen molar-refractivity contribution in [1.82, 2.24) is 0 Å². The van der Waals surface area contributed by atoms with Gasteiger partial charge < -0.3 is 4.74 Å². The van der Waals surface area contributed by atoms with Gasteiger partial charge in [-0.1, -0.05) is 37.6 Å². The summed E-state index contributed by atoms with van der Waals surface area (Å²) >= 11 is 0. The molecule has 4 heteroatoms. The van der Waals surface area contributed by atoms with E-state index in [0.717, 1.165) is 36.3 Å². The van der Waals surface area contributed by atoms with Gasteiger partial charge in [0.15, 0.2) is 0 Å². The molecule has 2 rings (SSSR count). The zero-order chi connectivity index (χ0) is 15.8. The number of unbranched alkanes of at least 4 members (excludes halogenated alkanes) is 1. The highest BCUT2D eigenvalue weighted by Gasteiger charge is 2.02. The SMILES string of the molecule is CCCCOc1ccc(C=Cc2ccc([N+](=O)[O-])cc2)cc1. The van der Waals surface area contributed by atoms with Crippen LogP contribution in [-0.2, 0) is 0 Å². The predicted molar refractivity (Wildman–Crippen MR) is 88.9 cm³/mol. The smallest absolute Gasteiger partial charge is 0.269 e. The minimum atomic E-state index is -0.398. The molecule has 0 aliphatic rings. The quantitative estimate of drug-likeness (QED) is 0.314. The zero-order valence-electron chi connectivity index (χ0n) is 12.6. The molecule has 0 aliphatic carbocycles. The molecule has 0 bridgehead atoms. The third kappa shape index (κ3) is 4.74. The van der Waals surface area contributed by atoms with Crippen LogP contribution in [0.25, 0.3) is 12.2 Å². The van der Waals surface area contributed by atoms with E-state index >= 15 is 0 Å². The lowest BCUT2D eigenvalue weighted by Gasteiger charge is -2.05. The lowest BCUT2D eigenvalue weighted by molar-refractivity contribution is -0.384. The summed E-state index contributed by atoms with van der Waals surface area (Å²) in [5.74, 6) is 0.876. The summed E-state index contributed by atoms with van der Waals surface area (Å²) in [4.78, 5) is 10.2. The van der Waals surface area contributed by atoms with Crippen molar-refractivity contribution >= 4 is 17.8 Å². The van der Waals surface area contributed by atoms with Gasteiger partial charge in [-0.05, 0) is 41.8 Å². The lowest BCUT2D eigenvalue weighted by atomic mass is 10.1. The summed E-state index contributed by atoms with van der Waals surface area (Å²) < 4.78 is 5.61. The number of nitro benzene ring substituents is 1. The van der Waals surface area contributed by atoms with Crippen molar-refractivity contribution in [2.24, 2.45) is 0 Å². The van der Waals surface area contributed by atoms with Gasteiger partial charge in [0, 0.05) is 12.1 Å². The molecule has 0 atom stereocenters. The van der Waals surface area contributed by atoms with Crippen LogP contribution in [0.1, 0.15) is 30.9 Å². The van der Waals surface area contributed by atoms with Gasteiger partial charge in [0.2, 0.25) is 0 Å². The van der Waals surface area contributed by atoms with Crippen LogP contribution in [0.15, 0.2) is 48.5 Å². The van der Waals surface area contributed by atoms with Crippen LogP contribution in [0.4, 0.5) is 5.69 Å². The maximum atomic E-state index is 10.6. The fraction of sp³-hybridized carbons (Fsp3) is 0.222. The van der Waals surface area contributed by atoms with Crippen molar-refractivity contribution in [2.75, 3.05) is 6.61 Å². The molecule has 0 spiro atoms. The molecular weight excluding hydrogens is 278 g/mol. The first-order valence-corrected chi connectivity index (χ1v) is 7.34. The molecule has 0 fully saturated rings. The second kappa shape index (κ2) is 7.98. The minimum absolute atomic E-state index is 0.103. The van der Waals surface area contributed by atoms with E-state index in [9.17, 15) is 10.1 Å². The number of hydrogen-bond donors (Lipinski definition) is 0. The molecule has 0 N–H and O–H groups in total. The molecule has 0 heterocycles. The third-order valence-corrected chi connectivity index (χ3v) is 3.22. The second-order valence-corrected chi connectivity index (χ2v) is 4.95. The summed E-state index contributed by atoms with van der Waals surface area (Å²) in [7, 11) is 0. The van der Waals surface area contributed by atoms with Crippen molar-refractivity contribution in [3.63, 3.8) is 0 Å². The Balaban J connectivity index is 1.96. The van der Waals surface area contributed by atoms with Crippen molar-refractivity contribution in [1.29, 1.82) is 0 Å². The third-order valence-electron chi connectivity index (χ3n) is 3.22. The lowest BCUT2D eigenvalue weighted by Crippen LogP contribution is -1.95. The van der Waals surface area contributed by atoms with Crippen LogP contribution < -0.4 is 4.74 Å². The Morgan fingerprint density at radius 2 is 1.55 bits per heavy atom. The van der Waals surface area contributed by atoms with Gasteiger partial charge in [-0.3, -0.25) is 10.1 Å². The van der Waals surface area contributed by atoms with Crippen LogP contribution in [0.2, 0.25) is 0 Å². The Morgan fingerprint density at radius 1 is 1.00 bits per heavy atom. The van der Waals surface area contributed by atoms with Gasteiger partial charge in [-0.2, -0.15) is 0 Å². The Hall–Kier alpha value is -2.62. The highest BCUT2D eigenvalue weighted by molar-refractivity contribution is 5.70. The number of nitrogens with zero attached hydrogens (tertiary/aromatic N) is 1. The summed E-state index contributed by atoms with van der Waals surface area (Å²) in [6.07, 6.45) is 6.07. The molecule has 2 aromatic carbocycles. The molecular formula is C18H19NO3. The molecule has 0 aromatic heterocycles. The van der Waals surface area contributed by atoms with Gasteiger partial charge in [-0.15, -0.1) is 0 Å². The Labute approximate surface area is 130 Å². The fourth-order valence-electron chi connectivity index (χ4n) is 1.91. The molecule has 0 unspecified atom stereocenters. The number of benzene rings is 2. The van der Waals surface area contributed by atoms with E-state index in [1.807, 2.05) is 36.4 Å². The number of hydrogen-bond acceptors (Lipinski definition) is 3. The van der Waals surface area contributed by atoms with Crippen LogP contribution in [0.3, 0.4) is 0 Å². The molecule has 0 saturated heterocycles. The average molecular weight is 297 g/mol. The second-order valence-electron chi connectivity index (χ2n) is 4.95. The summed E-state index contributed by atoms with van der Waals surface area (Å²) in [6, 6.07) is 14.4. The minimum Gasteiger partial charge on any atom is -0.494 e. The van der Waals surface area contributed by atoms with Gasteiger partial charge in [0.1, 0.15) is 5.75 Å². The zero-order valence-corrected chi connectivity index (χ0v) is 12.6. The van der Waals surface area contributed by atoms with Crippen molar-refractivity contribution in [3.8, 4) is 5.75 Å². The fourth-order valence-corrected chi connectivity index (χ4v) is 1.91. The molecule has 0 aliphatic heterocycles. The molecule has 114 valence electrons. The first-order chi connectivity index (χ1) is 10.7. The molecule has 0 saturated carbocycles. The van der Waals surface area contributed by atoms with Crippen molar-refractivity contribution in [2.45, 2.75) is 19.8 Å². The monoisotopic (exact) mass is 297 g/mol. The van der Waals surface area contributed by atoms with E-state index in [1.54, 1.807) is 12.1 Å². The largest absolute Gasteiger partial charge is 0.494 e. The highest BCUT2D eigenvalue weighted by Crippen LogP contribution is 2.16. The molecule has 2 aromatic rings. The molecule has 22 heavy (non-hydrogen) atoms. The maximum Gasteiger partial charge on any atom is 0.269 e. The van der Waals surface area contributed by atoms with Gasteiger partial charge >= 0.3 is 0 Å². The predicted octanol–water partition coefficient (Wildman–Crippen LogP) is 4.94. The van der Waals surface area contributed by atoms with Crippen molar-refractivity contribution < 1.29 is 9.66 Å². The normalized spacial score (nSPS) is 10.8. The van der Waals surface area contributed by atoms with Crippen molar-refractivity contribution in [3.05, 3.63) is 69.8 Å². The van der Waals surface area contributed by atoms with Crippen LogP contribution >= 0.6 is 0 Å². The van der Waals surface area contributed by atoms with E-state index in [4.69, 9.17) is 4.74 Å². The average Bonchev–Trinajstić information content (AvgIpc) is 2.55. The van der Waals surface area contributed by atoms with E-state index in [2.05, 4.69) is 6.92 Å². The van der Waals surface area contributed by atoms with E-state index in [0.29, 0.717) is 0 Å². The summed E-state index contributed by atoms with van der Waals surface area (Å²) in [5, 5.41) is 10.6. The Bertz CT molecular complexity index is 630. The van der Waals surface area contributed by atoms with Gasteiger partial charge in [-0.25, -0.2) is 0 Å². The first kappa shape index (κ1) is 15.8. The highest BCUT2D eigenvalue weighted by atomic mass is 16.6. The summed E-state index contributed by atoms with van der Waals surface area (Å²) in [6.45, 7) is 2.88. The molecule has 0 amide bonds. The van der Waals surface area contributed by atoms with Gasteiger partial charge in [0.25, 0.3) is 5.69 Å². The number of non-ortho nitro benzene ring substituents is 1. The van der Waals surface area contributed by atoms with Crippen LogP contribution in [-0.4, -0.2) is 11.5 Å². The summed E-state index contributed by atoms with van der Waals surface area (Å²) in [5.41, 5.74) is 2.08. The van der Waals surface area contributed by atoms with E-state index in [-0.39, 0.29) is 5.69 Å². The van der Waals surface area contributed by atoms with Crippen LogP contribution in [0, 0.1) is 10.1 Å². The maximum absolute atomic E-state index is 10.6. The van der Waals surface area contributed by atoms with Gasteiger partial charge in [0.05, 0.1) is 11.5 Å². The number of nitro groups is 1. The first-order valence-electron chi connectivity index (χ1n) is 7.34. The molecule has 0 radical (unpaired) electrons. The molecule has 4 nitrogen and oxygen atoms in total. The standard InChI is InChI=1S/C18H19NO3/c1-2-3-14-22-18-12-8-16(9-13-18)5-4-15-6-10-17(11-7-15)19(20)21/h4-13H,2-3,14H2,1H3.